The molecule has 0 aromatic carbocycles. The maximum atomic E-state index is 10.5. The molecule has 0 spiro atoms. The van der Waals surface area contributed by atoms with Gasteiger partial charge in [-0.05, 0) is 34.5 Å². The second kappa shape index (κ2) is 6.37. The Balaban J connectivity index is 2.32. The standard InChI is InChI=1S/C12H14BrClN2O2S/c1-7-5-9(19-12(7)13)11(17)10-8(14)6-15-16(10)3-4-18-2/h5-6,11,17H,3-4H2,1-2H3. The van der Waals surface area contributed by atoms with Crippen LogP contribution in [0.5, 0.6) is 0 Å². The summed E-state index contributed by atoms with van der Waals surface area (Å²) in [6.07, 6.45) is 0.771. The highest BCUT2D eigenvalue weighted by Crippen LogP contribution is 2.36. The van der Waals surface area contributed by atoms with Crippen molar-refractivity contribution in [2.75, 3.05) is 13.7 Å². The SMILES string of the molecule is COCCn1ncc(Cl)c1C(O)c1cc(C)c(Br)s1. The van der Waals surface area contributed by atoms with Crippen molar-refractivity contribution in [3.8, 4) is 0 Å². The van der Waals surface area contributed by atoms with Crippen LogP contribution in [0.4, 0.5) is 0 Å². The molecule has 0 saturated heterocycles. The molecule has 2 aromatic rings. The summed E-state index contributed by atoms with van der Waals surface area (Å²) in [7, 11) is 1.63. The minimum absolute atomic E-state index is 0.464. The molecule has 0 amide bonds. The zero-order chi connectivity index (χ0) is 14.0. The number of hydrogen-bond acceptors (Lipinski definition) is 4. The average Bonchev–Trinajstić information content (AvgIpc) is 2.90. The molecule has 0 aliphatic carbocycles. The molecule has 0 aliphatic heterocycles. The molecule has 1 atom stereocenters. The first kappa shape index (κ1) is 15.0. The second-order valence-electron chi connectivity index (χ2n) is 4.10. The molecule has 1 N–H and O–H groups in total. The van der Waals surface area contributed by atoms with Gasteiger partial charge in [0.15, 0.2) is 0 Å². The molecule has 0 saturated carbocycles. The number of aliphatic hydroxyl groups excluding tert-OH is 1. The highest BCUT2D eigenvalue weighted by Gasteiger charge is 2.22. The molecule has 2 heterocycles. The fourth-order valence-corrected chi connectivity index (χ4v) is 3.56. The number of aryl methyl sites for hydroxylation is 1. The summed E-state index contributed by atoms with van der Waals surface area (Å²) >= 11 is 11.1. The summed E-state index contributed by atoms with van der Waals surface area (Å²) in [5.41, 5.74) is 1.70. The fourth-order valence-electron chi connectivity index (χ4n) is 1.75. The Kier molecular flexibility index (Phi) is 5.03. The van der Waals surface area contributed by atoms with Crippen molar-refractivity contribution in [2.45, 2.75) is 19.6 Å². The number of ether oxygens (including phenoxy) is 1. The molecular formula is C12H14BrClN2O2S. The number of aromatic nitrogens is 2. The van der Waals surface area contributed by atoms with Crippen LogP contribution in [0, 0.1) is 6.92 Å². The largest absolute Gasteiger partial charge is 0.383 e. The number of halogens is 2. The van der Waals surface area contributed by atoms with Crippen molar-refractivity contribution in [2.24, 2.45) is 0 Å². The van der Waals surface area contributed by atoms with Crippen LogP contribution in [0.2, 0.25) is 5.02 Å². The Morgan fingerprint density at radius 3 is 2.95 bits per heavy atom. The summed E-state index contributed by atoms with van der Waals surface area (Å²) in [6.45, 7) is 3.06. The molecule has 104 valence electrons. The minimum Gasteiger partial charge on any atom is -0.383 e. The van der Waals surface area contributed by atoms with Crippen LogP contribution in [0.1, 0.15) is 22.2 Å². The molecule has 1 unspecified atom stereocenters. The number of thiophene rings is 1. The van der Waals surface area contributed by atoms with Crippen LogP contribution in [-0.4, -0.2) is 28.6 Å². The molecule has 0 bridgehead atoms. The van der Waals surface area contributed by atoms with Crippen LogP contribution in [0.15, 0.2) is 16.0 Å². The van der Waals surface area contributed by atoms with Gasteiger partial charge in [0.2, 0.25) is 0 Å². The Hall–Kier alpha value is -0.400. The highest BCUT2D eigenvalue weighted by atomic mass is 79.9. The van der Waals surface area contributed by atoms with Gasteiger partial charge in [0.1, 0.15) is 6.10 Å². The lowest BCUT2D eigenvalue weighted by atomic mass is 10.2. The van der Waals surface area contributed by atoms with Crippen molar-refractivity contribution < 1.29 is 9.84 Å². The van der Waals surface area contributed by atoms with Gasteiger partial charge >= 0.3 is 0 Å². The van der Waals surface area contributed by atoms with E-state index in [0.29, 0.717) is 23.9 Å². The molecule has 19 heavy (non-hydrogen) atoms. The summed E-state index contributed by atoms with van der Waals surface area (Å²) in [4.78, 5) is 0.838. The van der Waals surface area contributed by atoms with Gasteiger partial charge in [0.05, 0.1) is 33.9 Å². The maximum absolute atomic E-state index is 10.5. The minimum atomic E-state index is -0.776. The van der Waals surface area contributed by atoms with E-state index < -0.39 is 6.10 Å². The van der Waals surface area contributed by atoms with Gasteiger partial charge in [-0.1, -0.05) is 11.6 Å². The van der Waals surface area contributed by atoms with Gasteiger partial charge in [-0.2, -0.15) is 5.10 Å². The molecule has 0 radical (unpaired) electrons. The topological polar surface area (TPSA) is 47.3 Å². The van der Waals surface area contributed by atoms with Crippen LogP contribution in [-0.2, 0) is 11.3 Å². The number of rotatable bonds is 5. The predicted octanol–water partition coefficient (Wildman–Crippen LogP) is 3.40. The Bertz CT molecular complexity index is 551. The van der Waals surface area contributed by atoms with Crippen molar-refractivity contribution in [3.05, 3.63) is 37.2 Å². The third kappa shape index (κ3) is 3.20. The third-order valence-electron chi connectivity index (χ3n) is 2.75. The van der Waals surface area contributed by atoms with Gasteiger partial charge in [-0.25, -0.2) is 0 Å². The third-order valence-corrected chi connectivity index (χ3v) is 5.23. The van der Waals surface area contributed by atoms with Crippen molar-refractivity contribution in [3.63, 3.8) is 0 Å². The molecule has 4 nitrogen and oxygen atoms in total. The second-order valence-corrected chi connectivity index (χ2v) is 6.91. The van der Waals surface area contributed by atoms with Crippen LogP contribution in [0.3, 0.4) is 0 Å². The summed E-state index contributed by atoms with van der Waals surface area (Å²) in [6, 6.07) is 1.95. The zero-order valence-electron chi connectivity index (χ0n) is 10.6. The smallest absolute Gasteiger partial charge is 0.131 e. The Morgan fingerprint density at radius 2 is 2.37 bits per heavy atom. The van der Waals surface area contributed by atoms with E-state index in [2.05, 4.69) is 21.0 Å². The van der Waals surface area contributed by atoms with Gasteiger partial charge in [0, 0.05) is 12.0 Å². The summed E-state index contributed by atoms with van der Waals surface area (Å²) in [5.74, 6) is 0. The number of nitrogens with zero attached hydrogens (tertiary/aromatic N) is 2. The van der Waals surface area contributed by atoms with E-state index in [1.165, 1.54) is 11.3 Å². The van der Waals surface area contributed by atoms with Gasteiger partial charge in [0.25, 0.3) is 0 Å². The zero-order valence-corrected chi connectivity index (χ0v) is 13.7. The number of hydrogen-bond donors (Lipinski definition) is 1. The van der Waals surface area contributed by atoms with E-state index >= 15 is 0 Å². The van der Waals surface area contributed by atoms with Crippen molar-refractivity contribution in [1.29, 1.82) is 0 Å². The molecule has 0 fully saturated rings. The summed E-state index contributed by atoms with van der Waals surface area (Å²) in [5, 5.41) is 15.1. The van der Waals surface area contributed by atoms with Gasteiger partial charge in [-0.3, -0.25) is 4.68 Å². The predicted molar refractivity (Wildman–Crippen MR) is 79.9 cm³/mol. The van der Waals surface area contributed by atoms with Crippen molar-refractivity contribution >= 4 is 38.9 Å². The van der Waals surface area contributed by atoms with Gasteiger partial charge < -0.3 is 9.84 Å². The average molecular weight is 366 g/mol. The number of aliphatic hydroxyl groups is 1. The van der Waals surface area contributed by atoms with Gasteiger partial charge in [-0.15, -0.1) is 11.3 Å². The Labute approximate surface area is 129 Å². The summed E-state index contributed by atoms with van der Waals surface area (Å²) < 4.78 is 7.72. The first-order chi connectivity index (χ1) is 9.04. The monoisotopic (exact) mass is 364 g/mol. The molecule has 2 rings (SSSR count). The van der Waals surface area contributed by atoms with Crippen LogP contribution < -0.4 is 0 Å². The quantitative estimate of drug-likeness (QED) is 0.883. The normalized spacial score (nSPS) is 12.9. The van der Waals surface area contributed by atoms with Crippen LogP contribution >= 0.6 is 38.9 Å². The number of methoxy groups -OCH3 is 1. The molecule has 7 heteroatoms. The lowest BCUT2D eigenvalue weighted by Crippen LogP contribution is -2.13. The maximum Gasteiger partial charge on any atom is 0.131 e. The van der Waals surface area contributed by atoms with E-state index in [1.807, 2.05) is 13.0 Å². The first-order valence-electron chi connectivity index (χ1n) is 5.68. The fraction of sp³-hybridized carbons (Fsp3) is 0.417. The van der Waals surface area contributed by atoms with E-state index in [1.54, 1.807) is 18.0 Å². The Morgan fingerprint density at radius 1 is 1.63 bits per heavy atom. The highest BCUT2D eigenvalue weighted by molar-refractivity contribution is 9.11. The lowest BCUT2D eigenvalue weighted by molar-refractivity contribution is 0.172. The lowest BCUT2D eigenvalue weighted by Gasteiger charge is -2.12. The van der Waals surface area contributed by atoms with Crippen molar-refractivity contribution in [1.82, 2.24) is 9.78 Å². The van der Waals surface area contributed by atoms with E-state index in [-0.39, 0.29) is 0 Å². The van der Waals surface area contributed by atoms with Crippen LogP contribution in [0.25, 0.3) is 0 Å². The molecular weight excluding hydrogens is 352 g/mol. The molecule has 2 aromatic heterocycles. The molecule has 0 aliphatic rings. The van der Waals surface area contributed by atoms with E-state index in [4.69, 9.17) is 16.3 Å². The van der Waals surface area contributed by atoms with E-state index in [0.717, 1.165) is 14.2 Å². The van der Waals surface area contributed by atoms with E-state index in [9.17, 15) is 5.11 Å². The first-order valence-corrected chi connectivity index (χ1v) is 7.67.